The second kappa shape index (κ2) is 7.79. The summed E-state index contributed by atoms with van der Waals surface area (Å²) in [5.41, 5.74) is 5.74. The van der Waals surface area contributed by atoms with Gasteiger partial charge in [0, 0.05) is 12.0 Å². The molecule has 0 aromatic heterocycles. The van der Waals surface area contributed by atoms with Crippen LogP contribution in [0.4, 0.5) is 4.39 Å². The molecular formula is C13H18FNO2. The highest BCUT2D eigenvalue weighted by Crippen LogP contribution is 2.09. The normalized spacial score (nSPS) is 10.2. The molecule has 0 radical (unpaired) electrons. The van der Waals surface area contributed by atoms with Gasteiger partial charge in [-0.15, -0.1) is 0 Å². The third-order valence-corrected chi connectivity index (χ3v) is 2.43. The number of ether oxygens (including phenoxy) is 1. The Morgan fingerprint density at radius 1 is 1.24 bits per heavy atom. The van der Waals surface area contributed by atoms with E-state index in [1.807, 2.05) is 0 Å². The summed E-state index contributed by atoms with van der Waals surface area (Å²) in [5.74, 6) is -0.631. The molecule has 0 aliphatic rings. The summed E-state index contributed by atoms with van der Waals surface area (Å²) < 4.78 is 18.2. The minimum absolute atomic E-state index is 0.00238. The molecule has 1 aromatic rings. The topological polar surface area (TPSA) is 52.3 Å². The number of unbranched alkanes of at least 4 members (excludes halogenated alkanes) is 2. The van der Waals surface area contributed by atoms with E-state index in [9.17, 15) is 9.18 Å². The van der Waals surface area contributed by atoms with Crippen molar-refractivity contribution in [2.75, 3.05) is 6.54 Å². The first-order valence-corrected chi connectivity index (χ1v) is 5.83. The molecular weight excluding hydrogens is 221 g/mol. The van der Waals surface area contributed by atoms with Gasteiger partial charge in [-0.3, -0.25) is 4.79 Å². The van der Waals surface area contributed by atoms with Crippen molar-refractivity contribution in [3.8, 4) is 0 Å². The number of esters is 1. The molecule has 1 aromatic carbocycles. The highest BCUT2D eigenvalue weighted by Gasteiger charge is 2.05. The number of hydrogen-bond acceptors (Lipinski definition) is 3. The lowest BCUT2D eigenvalue weighted by molar-refractivity contribution is -0.145. The van der Waals surface area contributed by atoms with Crippen molar-refractivity contribution in [2.24, 2.45) is 5.73 Å². The van der Waals surface area contributed by atoms with E-state index >= 15 is 0 Å². The van der Waals surface area contributed by atoms with E-state index < -0.39 is 0 Å². The Labute approximate surface area is 101 Å². The van der Waals surface area contributed by atoms with Gasteiger partial charge < -0.3 is 10.5 Å². The molecule has 0 aliphatic heterocycles. The Kier molecular flexibility index (Phi) is 6.25. The lowest BCUT2D eigenvalue weighted by Crippen LogP contribution is -2.06. The quantitative estimate of drug-likeness (QED) is 0.587. The van der Waals surface area contributed by atoms with E-state index in [1.165, 1.54) is 6.07 Å². The van der Waals surface area contributed by atoms with Crippen molar-refractivity contribution >= 4 is 5.97 Å². The van der Waals surface area contributed by atoms with Gasteiger partial charge in [-0.05, 0) is 25.5 Å². The first kappa shape index (κ1) is 13.6. The van der Waals surface area contributed by atoms with Crippen LogP contribution >= 0.6 is 0 Å². The summed E-state index contributed by atoms with van der Waals surface area (Å²) >= 11 is 0. The lowest BCUT2D eigenvalue weighted by atomic mass is 10.2. The summed E-state index contributed by atoms with van der Waals surface area (Å²) in [6, 6.07) is 6.28. The minimum Gasteiger partial charge on any atom is -0.461 e. The van der Waals surface area contributed by atoms with E-state index in [1.54, 1.807) is 18.2 Å². The largest absolute Gasteiger partial charge is 0.461 e. The highest BCUT2D eigenvalue weighted by molar-refractivity contribution is 5.69. The summed E-state index contributed by atoms with van der Waals surface area (Å²) in [5, 5.41) is 0. The van der Waals surface area contributed by atoms with Crippen molar-refractivity contribution < 1.29 is 13.9 Å². The molecule has 0 atom stereocenters. The molecule has 0 aliphatic carbocycles. The SMILES string of the molecule is NCCCCCC(=O)OCc1ccccc1F. The van der Waals surface area contributed by atoms with E-state index in [-0.39, 0.29) is 18.4 Å². The van der Waals surface area contributed by atoms with E-state index in [0.717, 1.165) is 19.3 Å². The molecule has 0 unspecified atom stereocenters. The number of halogens is 1. The summed E-state index contributed by atoms with van der Waals surface area (Å²) in [7, 11) is 0. The van der Waals surface area contributed by atoms with Crippen LogP contribution in [-0.4, -0.2) is 12.5 Å². The van der Waals surface area contributed by atoms with Crippen LogP contribution in [0.1, 0.15) is 31.2 Å². The first-order valence-electron chi connectivity index (χ1n) is 5.83. The fourth-order valence-corrected chi connectivity index (χ4v) is 1.44. The number of carbonyl (C=O) groups excluding carboxylic acids is 1. The van der Waals surface area contributed by atoms with Crippen LogP contribution in [0.15, 0.2) is 24.3 Å². The molecule has 0 spiro atoms. The molecule has 2 N–H and O–H groups in total. The number of rotatable bonds is 7. The number of nitrogens with two attached hydrogens (primary N) is 1. The third-order valence-electron chi connectivity index (χ3n) is 2.43. The maximum Gasteiger partial charge on any atom is 0.306 e. The van der Waals surface area contributed by atoms with E-state index in [0.29, 0.717) is 18.5 Å². The monoisotopic (exact) mass is 239 g/mol. The lowest BCUT2D eigenvalue weighted by Gasteiger charge is -2.05. The van der Waals surface area contributed by atoms with Gasteiger partial charge in [0.1, 0.15) is 12.4 Å². The average Bonchev–Trinajstić information content (AvgIpc) is 2.34. The fourth-order valence-electron chi connectivity index (χ4n) is 1.44. The minimum atomic E-state index is -0.344. The predicted octanol–water partition coefficient (Wildman–Crippen LogP) is 2.39. The first-order chi connectivity index (χ1) is 8.24. The highest BCUT2D eigenvalue weighted by atomic mass is 19.1. The zero-order valence-corrected chi connectivity index (χ0v) is 9.82. The molecule has 0 amide bonds. The maximum atomic E-state index is 13.2. The third kappa shape index (κ3) is 5.45. The van der Waals surface area contributed by atoms with Gasteiger partial charge in [-0.25, -0.2) is 4.39 Å². The van der Waals surface area contributed by atoms with Gasteiger partial charge in [0.05, 0.1) is 0 Å². The molecule has 17 heavy (non-hydrogen) atoms. The van der Waals surface area contributed by atoms with Crippen molar-refractivity contribution in [1.82, 2.24) is 0 Å². The van der Waals surface area contributed by atoms with Crippen molar-refractivity contribution in [1.29, 1.82) is 0 Å². The van der Waals surface area contributed by atoms with Crippen LogP contribution in [0.2, 0.25) is 0 Å². The summed E-state index contributed by atoms with van der Waals surface area (Å²) in [6.45, 7) is 0.646. The Hall–Kier alpha value is -1.42. The Morgan fingerprint density at radius 3 is 2.71 bits per heavy atom. The smallest absolute Gasteiger partial charge is 0.306 e. The molecule has 0 saturated heterocycles. The molecule has 4 heteroatoms. The molecule has 0 bridgehead atoms. The van der Waals surface area contributed by atoms with Gasteiger partial charge in [0.2, 0.25) is 0 Å². The van der Waals surface area contributed by atoms with Crippen LogP contribution < -0.4 is 5.73 Å². The van der Waals surface area contributed by atoms with Gasteiger partial charge in [0.15, 0.2) is 0 Å². The second-order valence-corrected chi connectivity index (χ2v) is 3.85. The number of benzene rings is 1. The average molecular weight is 239 g/mol. The fraction of sp³-hybridized carbons (Fsp3) is 0.462. The molecule has 3 nitrogen and oxygen atoms in total. The molecule has 0 saturated carbocycles. The Morgan fingerprint density at radius 2 is 2.00 bits per heavy atom. The summed E-state index contributed by atoms with van der Waals surface area (Å²) in [6.07, 6.45) is 2.98. The molecule has 0 fully saturated rings. The Bertz CT molecular complexity index is 355. The summed E-state index contributed by atoms with van der Waals surface area (Å²) in [4.78, 5) is 11.3. The van der Waals surface area contributed by atoms with Crippen molar-refractivity contribution in [3.05, 3.63) is 35.6 Å². The Balaban J connectivity index is 2.22. The van der Waals surface area contributed by atoms with E-state index in [2.05, 4.69) is 0 Å². The standard InChI is InChI=1S/C13H18FNO2/c14-12-7-4-3-6-11(12)10-17-13(16)8-2-1-5-9-15/h3-4,6-7H,1-2,5,8-10,15H2. The van der Waals surface area contributed by atoms with Gasteiger partial charge in [0.25, 0.3) is 0 Å². The maximum absolute atomic E-state index is 13.2. The number of carbonyl (C=O) groups is 1. The van der Waals surface area contributed by atoms with Crippen molar-refractivity contribution in [3.63, 3.8) is 0 Å². The second-order valence-electron chi connectivity index (χ2n) is 3.85. The van der Waals surface area contributed by atoms with Crippen LogP contribution in [0, 0.1) is 5.82 Å². The molecule has 94 valence electrons. The van der Waals surface area contributed by atoms with Crippen molar-refractivity contribution in [2.45, 2.75) is 32.3 Å². The van der Waals surface area contributed by atoms with Crippen LogP contribution in [0.3, 0.4) is 0 Å². The zero-order valence-electron chi connectivity index (χ0n) is 9.82. The predicted molar refractivity (Wildman–Crippen MR) is 63.7 cm³/mol. The van der Waals surface area contributed by atoms with Crippen LogP contribution in [0.5, 0.6) is 0 Å². The van der Waals surface area contributed by atoms with Crippen LogP contribution in [0.25, 0.3) is 0 Å². The van der Waals surface area contributed by atoms with Crippen LogP contribution in [-0.2, 0) is 16.1 Å². The zero-order chi connectivity index (χ0) is 12.5. The van der Waals surface area contributed by atoms with Gasteiger partial charge in [-0.1, -0.05) is 24.6 Å². The van der Waals surface area contributed by atoms with Gasteiger partial charge >= 0.3 is 5.97 Å². The molecule has 1 rings (SSSR count). The van der Waals surface area contributed by atoms with Gasteiger partial charge in [-0.2, -0.15) is 0 Å². The number of hydrogen-bond donors (Lipinski definition) is 1. The molecule has 0 heterocycles. The van der Waals surface area contributed by atoms with E-state index in [4.69, 9.17) is 10.5 Å².